The van der Waals surface area contributed by atoms with Gasteiger partial charge in [-0.3, -0.25) is 9.59 Å². The second-order valence-corrected chi connectivity index (χ2v) is 3.43. The van der Waals surface area contributed by atoms with E-state index in [0.29, 0.717) is 11.3 Å². The number of nitrogens with one attached hydrogen (secondary N) is 2. The van der Waals surface area contributed by atoms with Gasteiger partial charge in [-0.1, -0.05) is 0 Å². The number of amides is 2. The molecule has 0 aliphatic rings. The first kappa shape index (κ1) is 13.0. The summed E-state index contributed by atoms with van der Waals surface area (Å²) in [5, 5.41) is 22.3. The van der Waals surface area contributed by atoms with Crippen molar-refractivity contribution in [1.29, 1.82) is 0 Å². The Morgan fingerprint density at radius 1 is 1.29 bits per heavy atom. The van der Waals surface area contributed by atoms with Crippen LogP contribution in [0.2, 0.25) is 0 Å². The molecular weight excluding hydrogens is 224 g/mol. The van der Waals surface area contributed by atoms with Crippen LogP contribution in [0.4, 0.5) is 5.69 Å². The highest BCUT2D eigenvalue weighted by atomic mass is 16.3. The Morgan fingerprint density at radius 3 is 2.59 bits per heavy atom. The van der Waals surface area contributed by atoms with E-state index in [2.05, 4.69) is 10.6 Å². The van der Waals surface area contributed by atoms with Crippen LogP contribution in [0.3, 0.4) is 0 Å². The molecule has 0 atom stereocenters. The fraction of sp³-hybridized carbons (Fsp3) is 0.273. The average molecular weight is 238 g/mol. The number of rotatable bonds is 3. The molecule has 0 aliphatic carbocycles. The van der Waals surface area contributed by atoms with E-state index in [4.69, 9.17) is 5.11 Å². The molecule has 0 aromatic heterocycles. The Kier molecular flexibility index (Phi) is 4.47. The van der Waals surface area contributed by atoms with Gasteiger partial charge in [0.15, 0.2) is 0 Å². The van der Waals surface area contributed by atoms with Gasteiger partial charge >= 0.3 is 11.8 Å². The van der Waals surface area contributed by atoms with Crippen LogP contribution < -0.4 is 10.6 Å². The molecule has 1 aromatic carbocycles. The number of phenolic OH excluding ortho intramolecular Hbond substituents is 1. The molecule has 0 saturated heterocycles. The smallest absolute Gasteiger partial charge is 0.313 e. The summed E-state index contributed by atoms with van der Waals surface area (Å²) in [5.74, 6) is -1.54. The number of phenols is 1. The number of benzene rings is 1. The van der Waals surface area contributed by atoms with Crippen molar-refractivity contribution in [3.63, 3.8) is 0 Å². The summed E-state index contributed by atoms with van der Waals surface area (Å²) in [7, 11) is 0. The van der Waals surface area contributed by atoms with Crippen molar-refractivity contribution in [2.75, 3.05) is 18.5 Å². The summed E-state index contributed by atoms with van der Waals surface area (Å²) in [6.45, 7) is 1.50. The molecule has 1 rings (SSSR count). The molecule has 17 heavy (non-hydrogen) atoms. The largest absolute Gasteiger partial charge is 0.508 e. The van der Waals surface area contributed by atoms with Crippen molar-refractivity contribution in [3.05, 3.63) is 23.8 Å². The fourth-order valence-corrected chi connectivity index (χ4v) is 1.22. The number of carbonyl (C=O) groups excluding carboxylic acids is 2. The summed E-state index contributed by atoms with van der Waals surface area (Å²) >= 11 is 0. The summed E-state index contributed by atoms with van der Waals surface area (Å²) in [5.41, 5.74) is 1.10. The normalized spacial score (nSPS) is 9.76. The van der Waals surface area contributed by atoms with Gasteiger partial charge < -0.3 is 20.8 Å². The lowest BCUT2D eigenvalue weighted by Gasteiger charge is -2.08. The first-order valence-corrected chi connectivity index (χ1v) is 5.04. The summed E-state index contributed by atoms with van der Waals surface area (Å²) in [4.78, 5) is 22.6. The maximum atomic E-state index is 11.4. The van der Waals surface area contributed by atoms with Gasteiger partial charge in [-0.15, -0.1) is 0 Å². The van der Waals surface area contributed by atoms with E-state index >= 15 is 0 Å². The maximum Gasteiger partial charge on any atom is 0.313 e. The molecule has 0 heterocycles. The molecule has 92 valence electrons. The Bertz CT molecular complexity index is 431. The number of hydrogen-bond acceptors (Lipinski definition) is 4. The van der Waals surface area contributed by atoms with Crippen molar-refractivity contribution in [2.45, 2.75) is 6.92 Å². The quantitative estimate of drug-likeness (QED) is 0.431. The topological polar surface area (TPSA) is 98.7 Å². The molecule has 0 unspecified atom stereocenters. The summed E-state index contributed by atoms with van der Waals surface area (Å²) < 4.78 is 0. The SMILES string of the molecule is Cc1cc(O)ccc1NC(=O)C(=O)NCCO. The number of hydrogen-bond donors (Lipinski definition) is 4. The highest BCUT2D eigenvalue weighted by Gasteiger charge is 2.13. The minimum Gasteiger partial charge on any atom is -0.508 e. The van der Waals surface area contributed by atoms with E-state index in [1.165, 1.54) is 18.2 Å². The highest BCUT2D eigenvalue weighted by molar-refractivity contribution is 6.39. The Balaban J connectivity index is 2.64. The zero-order chi connectivity index (χ0) is 12.8. The van der Waals surface area contributed by atoms with Gasteiger partial charge in [0.25, 0.3) is 0 Å². The minimum absolute atomic E-state index is 0.0286. The second kappa shape index (κ2) is 5.86. The lowest BCUT2D eigenvalue weighted by atomic mass is 10.2. The van der Waals surface area contributed by atoms with Crippen LogP contribution in [-0.2, 0) is 9.59 Å². The molecule has 0 bridgehead atoms. The van der Waals surface area contributed by atoms with Crippen molar-refractivity contribution in [3.8, 4) is 5.75 Å². The summed E-state index contributed by atoms with van der Waals surface area (Å²) in [6.07, 6.45) is 0. The van der Waals surface area contributed by atoms with Gasteiger partial charge in [0.1, 0.15) is 5.75 Å². The van der Waals surface area contributed by atoms with Gasteiger partial charge in [0.2, 0.25) is 0 Å². The lowest BCUT2D eigenvalue weighted by Crippen LogP contribution is -2.36. The van der Waals surface area contributed by atoms with Crippen molar-refractivity contribution < 1.29 is 19.8 Å². The van der Waals surface area contributed by atoms with Crippen molar-refractivity contribution in [1.82, 2.24) is 5.32 Å². The van der Waals surface area contributed by atoms with Crippen LogP contribution in [-0.4, -0.2) is 35.2 Å². The second-order valence-electron chi connectivity index (χ2n) is 3.43. The Morgan fingerprint density at radius 2 is 2.00 bits per heavy atom. The fourth-order valence-electron chi connectivity index (χ4n) is 1.22. The zero-order valence-corrected chi connectivity index (χ0v) is 9.36. The predicted octanol–water partition coefficient (Wildman–Crippen LogP) is -0.252. The molecular formula is C11H14N2O4. The number of aliphatic hydroxyl groups is 1. The number of carbonyl (C=O) groups is 2. The molecule has 0 fully saturated rings. The molecule has 4 N–H and O–H groups in total. The maximum absolute atomic E-state index is 11.4. The highest BCUT2D eigenvalue weighted by Crippen LogP contribution is 2.19. The van der Waals surface area contributed by atoms with Crippen molar-refractivity contribution in [2.24, 2.45) is 0 Å². The van der Waals surface area contributed by atoms with Crippen molar-refractivity contribution >= 4 is 17.5 Å². The number of aryl methyl sites for hydroxylation is 1. The van der Waals surface area contributed by atoms with Gasteiger partial charge in [-0.2, -0.15) is 0 Å². The predicted molar refractivity (Wildman–Crippen MR) is 61.6 cm³/mol. The number of anilines is 1. The van der Waals surface area contributed by atoms with Crippen LogP contribution in [0, 0.1) is 6.92 Å². The molecule has 0 spiro atoms. The van der Waals surface area contributed by atoms with E-state index in [9.17, 15) is 14.7 Å². The van der Waals surface area contributed by atoms with Crippen LogP contribution >= 0.6 is 0 Å². The minimum atomic E-state index is -0.813. The van der Waals surface area contributed by atoms with E-state index in [1.54, 1.807) is 6.92 Å². The van der Waals surface area contributed by atoms with Crippen LogP contribution in [0.5, 0.6) is 5.75 Å². The standard InChI is InChI=1S/C11H14N2O4/c1-7-6-8(15)2-3-9(7)13-11(17)10(16)12-4-5-14/h2-3,6,14-15H,4-5H2,1H3,(H,12,16)(H,13,17). The molecule has 0 radical (unpaired) electrons. The molecule has 6 nitrogen and oxygen atoms in total. The van der Waals surface area contributed by atoms with Gasteiger partial charge in [0.05, 0.1) is 6.61 Å². The molecule has 2 amide bonds. The van der Waals surface area contributed by atoms with E-state index in [0.717, 1.165) is 0 Å². The monoisotopic (exact) mass is 238 g/mol. The molecule has 1 aromatic rings. The third-order valence-electron chi connectivity index (χ3n) is 2.06. The summed E-state index contributed by atoms with van der Waals surface area (Å²) in [6, 6.07) is 4.39. The van der Waals surface area contributed by atoms with Crippen LogP contribution in [0.25, 0.3) is 0 Å². The number of aromatic hydroxyl groups is 1. The average Bonchev–Trinajstić information content (AvgIpc) is 2.29. The number of aliphatic hydroxyl groups excluding tert-OH is 1. The first-order chi connectivity index (χ1) is 8.04. The third-order valence-corrected chi connectivity index (χ3v) is 2.06. The molecule has 0 aliphatic heterocycles. The Hall–Kier alpha value is -2.08. The zero-order valence-electron chi connectivity index (χ0n) is 9.36. The van der Waals surface area contributed by atoms with E-state index in [1.807, 2.05) is 0 Å². The van der Waals surface area contributed by atoms with Crippen LogP contribution in [0.1, 0.15) is 5.56 Å². The van der Waals surface area contributed by atoms with E-state index in [-0.39, 0.29) is 18.9 Å². The lowest BCUT2D eigenvalue weighted by molar-refractivity contribution is -0.136. The first-order valence-electron chi connectivity index (χ1n) is 5.04. The van der Waals surface area contributed by atoms with E-state index < -0.39 is 11.8 Å². The van der Waals surface area contributed by atoms with Gasteiger partial charge in [0, 0.05) is 12.2 Å². The third kappa shape index (κ3) is 3.76. The van der Waals surface area contributed by atoms with Crippen LogP contribution in [0.15, 0.2) is 18.2 Å². The molecule has 0 saturated carbocycles. The Labute approximate surface area is 98.3 Å². The van der Waals surface area contributed by atoms with Gasteiger partial charge in [-0.05, 0) is 30.7 Å². The van der Waals surface area contributed by atoms with Gasteiger partial charge in [-0.25, -0.2) is 0 Å². The molecule has 6 heteroatoms.